The van der Waals surface area contributed by atoms with E-state index in [1.54, 1.807) is 0 Å². The first-order chi connectivity index (χ1) is 9.95. The lowest BCUT2D eigenvalue weighted by atomic mass is 10.2. The molecule has 0 fully saturated rings. The number of para-hydroxylation sites is 1. The molecule has 0 aliphatic rings. The van der Waals surface area contributed by atoms with Crippen LogP contribution in [0.2, 0.25) is 0 Å². The number of hydrogen-bond donors (Lipinski definition) is 3. The lowest BCUT2D eigenvalue weighted by Gasteiger charge is -2.14. The van der Waals surface area contributed by atoms with Gasteiger partial charge in [-0.15, -0.1) is 0 Å². The molecule has 21 heavy (non-hydrogen) atoms. The number of benzene rings is 2. The standard InChI is InChI=1S/C14H12F3N3S/c15-14(16,17)10-5-4-8-12(9-10)19-20-13(21)18-11-6-2-1-3-7-11/h1-9,19H,(H2,18,20,21). The van der Waals surface area contributed by atoms with Crippen LogP contribution in [0.3, 0.4) is 0 Å². The van der Waals surface area contributed by atoms with Gasteiger partial charge in [0, 0.05) is 5.69 Å². The van der Waals surface area contributed by atoms with Crippen molar-refractivity contribution in [3.8, 4) is 0 Å². The number of rotatable bonds is 3. The summed E-state index contributed by atoms with van der Waals surface area (Å²) >= 11 is 5.03. The van der Waals surface area contributed by atoms with Crippen LogP contribution in [0.4, 0.5) is 24.5 Å². The van der Waals surface area contributed by atoms with Gasteiger partial charge in [-0.05, 0) is 42.5 Å². The van der Waals surface area contributed by atoms with E-state index >= 15 is 0 Å². The molecule has 0 saturated carbocycles. The number of hydrogen-bond acceptors (Lipinski definition) is 2. The first-order valence-electron chi connectivity index (χ1n) is 6.00. The summed E-state index contributed by atoms with van der Waals surface area (Å²) in [6.45, 7) is 0. The second-order valence-corrected chi connectivity index (χ2v) is 4.56. The van der Waals surface area contributed by atoms with E-state index in [9.17, 15) is 13.2 Å². The van der Waals surface area contributed by atoms with Crippen molar-refractivity contribution in [3.05, 3.63) is 60.2 Å². The predicted molar refractivity (Wildman–Crippen MR) is 80.9 cm³/mol. The van der Waals surface area contributed by atoms with Crippen molar-refractivity contribution in [1.29, 1.82) is 0 Å². The molecule has 2 aromatic rings. The molecule has 0 aromatic heterocycles. The first-order valence-corrected chi connectivity index (χ1v) is 6.41. The van der Waals surface area contributed by atoms with Gasteiger partial charge < -0.3 is 5.32 Å². The van der Waals surface area contributed by atoms with Crippen LogP contribution >= 0.6 is 12.2 Å². The molecule has 0 saturated heterocycles. The van der Waals surface area contributed by atoms with Gasteiger partial charge in [-0.3, -0.25) is 10.9 Å². The van der Waals surface area contributed by atoms with E-state index in [1.165, 1.54) is 12.1 Å². The third-order valence-electron chi connectivity index (χ3n) is 2.54. The van der Waals surface area contributed by atoms with Crippen molar-refractivity contribution in [3.63, 3.8) is 0 Å². The van der Waals surface area contributed by atoms with Crippen LogP contribution in [-0.2, 0) is 6.18 Å². The van der Waals surface area contributed by atoms with Crippen LogP contribution in [0.1, 0.15) is 5.56 Å². The Balaban J connectivity index is 1.92. The zero-order valence-corrected chi connectivity index (χ0v) is 11.6. The van der Waals surface area contributed by atoms with Gasteiger partial charge in [-0.2, -0.15) is 13.2 Å². The SMILES string of the molecule is FC(F)(F)c1cccc(NNC(=S)Nc2ccccc2)c1. The molecule has 0 heterocycles. The number of thiocarbonyl (C=S) groups is 1. The van der Waals surface area contributed by atoms with Crippen LogP contribution in [0, 0.1) is 0 Å². The van der Waals surface area contributed by atoms with E-state index in [-0.39, 0.29) is 10.8 Å². The summed E-state index contributed by atoms with van der Waals surface area (Å²) in [6, 6.07) is 14.0. The minimum Gasteiger partial charge on any atom is -0.331 e. The fourth-order valence-corrected chi connectivity index (χ4v) is 1.75. The highest BCUT2D eigenvalue weighted by Gasteiger charge is 2.30. The van der Waals surface area contributed by atoms with Crippen LogP contribution in [0.5, 0.6) is 0 Å². The van der Waals surface area contributed by atoms with Crippen molar-refractivity contribution in [2.24, 2.45) is 0 Å². The maximum atomic E-state index is 12.6. The lowest BCUT2D eigenvalue weighted by Crippen LogP contribution is -2.33. The Morgan fingerprint density at radius 3 is 2.24 bits per heavy atom. The average molecular weight is 311 g/mol. The highest BCUT2D eigenvalue weighted by Crippen LogP contribution is 2.30. The number of nitrogens with one attached hydrogen (secondary N) is 3. The van der Waals surface area contributed by atoms with Gasteiger partial charge in [-0.1, -0.05) is 24.3 Å². The van der Waals surface area contributed by atoms with Crippen LogP contribution < -0.4 is 16.2 Å². The molecule has 2 aromatic carbocycles. The molecule has 0 amide bonds. The molecule has 0 spiro atoms. The summed E-state index contributed by atoms with van der Waals surface area (Å²) in [4.78, 5) is 0. The molecule has 3 N–H and O–H groups in total. The summed E-state index contributed by atoms with van der Waals surface area (Å²) in [5.74, 6) is 0. The minimum absolute atomic E-state index is 0.249. The van der Waals surface area contributed by atoms with Crippen molar-refractivity contribution < 1.29 is 13.2 Å². The number of anilines is 2. The zero-order valence-electron chi connectivity index (χ0n) is 10.7. The third kappa shape index (κ3) is 4.64. The molecule has 110 valence electrons. The summed E-state index contributed by atoms with van der Waals surface area (Å²) < 4.78 is 37.7. The van der Waals surface area contributed by atoms with E-state index in [4.69, 9.17) is 12.2 Å². The Morgan fingerprint density at radius 1 is 0.905 bits per heavy atom. The highest BCUT2D eigenvalue weighted by atomic mass is 32.1. The van der Waals surface area contributed by atoms with Crippen molar-refractivity contribution in [1.82, 2.24) is 5.43 Å². The first kappa shape index (κ1) is 15.1. The van der Waals surface area contributed by atoms with Crippen LogP contribution in [-0.4, -0.2) is 5.11 Å². The third-order valence-corrected chi connectivity index (χ3v) is 2.75. The minimum atomic E-state index is -4.37. The zero-order chi connectivity index (χ0) is 15.3. The Morgan fingerprint density at radius 2 is 1.57 bits per heavy atom. The molecular formula is C14H12F3N3S. The van der Waals surface area contributed by atoms with E-state index in [0.29, 0.717) is 0 Å². The van der Waals surface area contributed by atoms with E-state index in [2.05, 4.69) is 16.2 Å². The molecule has 3 nitrogen and oxygen atoms in total. The Labute approximate surface area is 125 Å². The van der Waals surface area contributed by atoms with Gasteiger partial charge >= 0.3 is 6.18 Å². The van der Waals surface area contributed by atoms with Gasteiger partial charge in [0.15, 0.2) is 5.11 Å². The predicted octanol–water partition coefficient (Wildman–Crippen LogP) is 4.02. The van der Waals surface area contributed by atoms with E-state index < -0.39 is 11.7 Å². The summed E-state index contributed by atoms with van der Waals surface area (Å²) in [5, 5.41) is 3.14. The summed E-state index contributed by atoms with van der Waals surface area (Å²) in [5.41, 5.74) is 5.57. The van der Waals surface area contributed by atoms with Gasteiger partial charge in [0.2, 0.25) is 0 Å². The van der Waals surface area contributed by atoms with Crippen LogP contribution in [0.15, 0.2) is 54.6 Å². The Bertz CT molecular complexity index is 614. The molecule has 0 bridgehead atoms. The second kappa shape index (κ2) is 6.45. The highest BCUT2D eigenvalue weighted by molar-refractivity contribution is 7.80. The maximum absolute atomic E-state index is 12.6. The largest absolute Gasteiger partial charge is 0.416 e. The fraction of sp³-hybridized carbons (Fsp3) is 0.0714. The smallest absolute Gasteiger partial charge is 0.331 e. The van der Waals surface area contributed by atoms with Gasteiger partial charge in [0.1, 0.15) is 0 Å². The van der Waals surface area contributed by atoms with E-state index in [1.807, 2.05) is 30.3 Å². The summed E-state index contributed by atoms with van der Waals surface area (Å²) in [7, 11) is 0. The molecule has 7 heteroatoms. The molecule has 0 unspecified atom stereocenters. The normalized spacial score (nSPS) is 10.8. The molecular weight excluding hydrogens is 299 g/mol. The number of alkyl halides is 3. The van der Waals surface area contributed by atoms with Crippen molar-refractivity contribution >= 4 is 28.7 Å². The molecule has 0 aliphatic carbocycles. The Hall–Kier alpha value is -2.28. The van der Waals surface area contributed by atoms with E-state index in [0.717, 1.165) is 17.8 Å². The quantitative estimate of drug-likeness (QED) is 0.591. The van der Waals surface area contributed by atoms with Gasteiger partial charge in [0.25, 0.3) is 0 Å². The second-order valence-electron chi connectivity index (χ2n) is 4.15. The van der Waals surface area contributed by atoms with Crippen molar-refractivity contribution in [2.75, 3.05) is 10.7 Å². The monoisotopic (exact) mass is 311 g/mol. The number of hydrazine groups is 1. The van der Waals surface area contributed by atoms with Gasteiger partial charge in [-0.25, -0.2) is 0 Å². The molecule has 0 radical (unpaired) electrons. The van der Waals surface area contributed by atoms with Crippen LogP contribution in [0.25, 0.3) is 0 Å². The molecule has 2 rings (SSSR count). The fourth-order valence-electron chi connectivity index (χ4n) is 1.59. The topological polar surface area (TPSA) is 36.1 Å². The van der Waals surface area contributed by atoms with Gasteiger partial charge in [0.05, 0.1) is 11.3 Å². The summed E-state index contributed by atoms with van der Waals surface area (Å²) in [6.07, 6.45) is -4.37. The molecule has 0 aliphatic heterocycles. The van der Waals surface area contributed by atoms with Crippen molar-refractivity contribution in [2.45, 2.75) is 6.18 Å². The molecule has 0 atom stereocenters. The Kier molecular flexibility index (Phi) is 4.64. The maximum Gasteiger partial charge on any atom is 0.416 e. The lowest BCUT2D eigenvalue weighted by molar-refractivity contribution is -0.137. The average Bonchev–Trinajstić information content (AvgIpc) is 2.46. The number of halogens is 3.